The first-order valence-electron chi connectivity index (χ1n) is 14.3. The van der Waals surface area contributed by atoms with E-state index in [0.717, 1.165) is 14.7 Å². The van der Waals surface area contributed by atoms with Crippen molar-refractivity contribution in [3.05, 3.63) is 117 Å². The molecule has 0 radical (unpaired) electrons. The number of carbonyl (C=O) groups is 1. The second kappa shape index (κ2) is 14.2. The minimum atomic E-state index is -0.773. The number of fused-ring (bicyclic) bond motifs is 1. The maximum absolute atomic E-state index is 14.1. The Labute approximate surface area is 283 Å². The van der Waals surface area contributed by atoms with Crippen molar-refractivity contribution in [2.45, 2.75) is 46.4 Å². The van der Waals surface area contributed by atoms with E-state index in [2.05, 4.69) is 27.6 Å². The summed E-state index contributed by atoms with van der Waals surface area (Å²) in [5.74, 6) is 1.24. The second-order valence-corrected chi connectivity index (χ2v) is 13.0. The molecule has 1 aliphatic heterocycles. The van der Waals surface area contributed by atoms with Gasteiger partial charge in [0.1, 0.15) is 12.4 Å². The van der Waals surface area contributed by atoms with E-state index in [0.29, 0.717) is 55.0 Å². The highest BCUT2D eigenvalue weighted by Crippen LogP contribution is 2.36. The van der Waals surface area contributed by atoms with Crippen LogP contribution in [0.4, 0.5) is 0 Å². The molecule has 0 unspecified atom stereocenters. The van der Waals surface area contributed by atoms with Crippen molar-refractivity contribution >= 4 is 57.6 Å². The lowest BCUT2D eigenvalue weighted by molar-refractivity contribution is -0.139. The fourth-order valence-electron chi connectivity index (χ4n) is 4.96. The summed E-state index contributed by atoms with van der Waals surface area (Å²) in [4.78, 5) is 32.5. The van der Waals surface area contributed by atoms with Gasteiger partial charge in [-0.05, 0) is 97.8 Å². The first-order valence-corrected chi connectivity index (χ1v) is 16.6. The van der Waals surface area contributed by atoms with Crippen LogP contribution in [-0.4, -0.2) is 30.4 Å². The highest BCUT2D eigenvalue weighted by Gasteiger charge is 2.34. The summed E-state index contributed by atoms with van der Waals surface area (Å²) in [6, 6.07) is 17.9. The van der Waals surface area contributed by atoms with Gasteiger partial charge >= 0.3 is 5.97 Å². The zero-order chi connectivity index (χ0) is 32.2. The minimum absolute atomic E-state index is 0.0642. The Morgan fingerprint density at radius 2 is 1.87 bits per heavy atom. The van der Waals surface area contributed by atoms with E-state index < -0.39 is 12.0 Å². The normalized spacial score (nSPS) is 14.7. The predicted octanol–water partition coefficient (Wildman–Crippen LogP) is 6.43. The van der Waals surface area contributed by atoms with Gasteiger partial charge in [-0.2, -0.15) is 0 Å². The third kappa shape index (κ3) is 7.13. The summed E-state index contributed by atoms with van der Waals surface area (Å²) in [5, 5.41) is 0.650. The van der Waals surface area contributed by atoms with Crippen LogP contribution in [0.2, 0.25) is 5.02 Å². The third-order valence-corrected chi connectivity index (χ3v) is 9.17. The second-order valence-electron chi connectivity index (χ2n) is 10.4. The highest BCUT2D eigenvalue weighted by molar-refractivity contribution is 14.1. The van der Waals surface area contributed by atoms with Crippen molar-refractivity contribution in [1.29, 1.82) is 0 Å². The number of aromatic nitrogens is 1. The van der Waals surface area contributed by atoms with Crippen molar-refractivity contribution in [1.82, 2.24) is 4.57 Å². The average molecular weight is 759 g/mol. The standard InChI is InChI=1S/C34H32ClIN2O6S/c1-6-42-33(40)30-20(4)37-34-38(31(30)22-12-14-27(44-19(2)3)28(17-22)41-5)32(39)29(45-34)16-21-11-13-26(25(36)15-21)43-18-23-9-7-8-10-24(23)35/h7-17,19,31H,6,18H2,1-5H3/b29-16-/t31-/m1/s1. The number of thiazole rings is 1. The fraction of sp³-hybridized carbons (Fsp3) is 0.265. The van der Waals surface area contributed by atoms with Crippen LogP contribution in [0.1, 0.15) is 50.4 Å². The highest BCUT2D eigenvalue weighted by atomic mass is 127. The molecule has 11 heteroatoms. The fourth-order valence-corrected chi connectivity index (χ4v) is 6.89. The van der Waals surface area contributed by atoms with Gasteiger partial charge in [-0.1, -0.05) is 53.3 Å². The van der Waals surface area contributed by atoms with Gasteiger partial charge in [0.25, 0.3) is 5.56 Å². The summed E-state index contributed by atoms with van der Waals surface area (Å²) in [6.07, 6.45) is 1.76. The molecule has 8 nitrogen and oxygen atoms in total. The molecule has 0 saturated heterocycles. The van der Waals surface area contributed by atoms with Gasteiger partial charge in [-0.15, -0.1) is 0 Å². The molecule has 5 rings (SSSR count). The largest absolute Gasteiger partial charge is 0.493 e. The number of methoxy groups -OCH3 is 1. The molecule has 0 aliphatic carbocycles. The number of hydrogen-bond acceptors (Lipinski definition) is 8. The van der Waals surface area contributed by atoms with Crippen LogP contribution in [-0.2, 0) is 16.1 Å². The van der Waals surface area contributed by atoms with Crippen molar-refractivity contribution in [3.8, 4) is 17.2 Å². The van der Waals surface area contributed by atoms with Crippen LogP contribution < -0.4 is 29.1 Å². The number of halogens is 2. The van der Waals surface area contributed by atoms with Gasteiger partial charge in [-0.25, -0.2) is 9.79 Å². The maximum Gasteiger partial charge on any atom is 0.338 e. The number of carbonyl (C=O) groups excluding carboxylic acids is 1. The van der Waals surface area contributed by atoms with Crippen molar-refractivity contribution in [2.75, 3.05) is 13.7 Å². The number of rotatable bonds is 10. The number of esters is 1. The zero-order valence-electron chi connectivity index (χ0n) is 25.4. The summed E-state index contributed by atoms with van der Waals surface area (Å²) >= 11 is 9.76. The Morgan fingerprint density at radius 1 is 1.11 bits per heavy atom. The monoisotopic (exact) mass is 758 g/mol. The molecular weight excluding hydrogens is 727 g/mol. The molecule has 234 valence electrons. The first kappa shape index (κ1) is 32.8. The first-order chi connectivity index (χ1) is 21.6. The van der Waals surface area contributed by atoms with E-state index in [4.69, 9.17) is 30.5 Å². The Kier molecular flexibility index (Phi) is 10.4. The Balaban J connectivity index is 1.55. The van der Waals surface area contributed by atoms with E-state index in [1.54, 1.807) is 37.7 Å². The van der Waals surface area contributed by atoms with Gasteiger partial charge in [0.15, 0.2) is 16.3 Å². The van der Waals surface area contributed by atoms with Gasteiger partial charge in [0, 0.05) is 10.6 Å². The lowest BCUT2D eigenvalue weighted by atomic mass is 9.95. The van der Waals surface area contributed by atoms with Crippen LogP contribution in [0, 0.1) is 3.57 Å². The number of benzene rings is 3. The smallest absolute Gasteiger partial charge is 0.338 e. The molecular formula is C34H32ClIN2O6S. The third-order valence-electron chi connectivity index (χ3n) is 6.98. The van der Waals surface area contributed by atoms with Crippen molar-refractivity contribution in [2.24, 2.45) is 4.99 Å². The maximum atomic E-state index is 14.1. The van der Waals surface area contributed by atoms with Crippen LogP contribution >= 0.6 is 45.5 Å². The molecule has 2 heterocycles. The Bertz CT molecular complexity index is 1970. The lowest BCUT2D eigenvalue weighted by Gasteiger charge is -2.25. The number of nitrogens with zero attached hydrogens (tertiary/aromatic N) is 2. The molecule has 1 atom stereocenters. The summed E-state index contributed by atoms with van der Waals surface area (Å²) in [5.41, 5.74) is 2.90. The van der Waals surface area contributed by atoms with Crippen molar-refractivity contribution < 1.29 is 23.7 Å². The minimum Gasteiger partial charge on any atom is -0.493 e. The molecule has 1 aromatic heterocycles. The molecule has 45 heavy (non-hydrogen) atoms. The van der Waals surface area contributed by atoms with Gasteiger partial charge in [0.2, 0.25) is 0 Å². The molecule has 3 aromatic carbocycles. The van der Waals surface area contributed by atoms with Crippen molar-refractivity contribution in [3.63, 3.8) is 0 Å². The van der Waals surface area contributed by atoms with Crippen LogP contribution in [0.25, 0.3) is 6.08 Å². The SMILES string of the molecule is CCOC(=O)C1=C(C)N=c2s/c(=C\c3ccc(OCc4ccccc4Cl)c(I)c3)c(=O)n2[C@@H]1c1ccc(OC(C)C)c(OC)c1. The Morgan fingerprint density at radius 3 is 2.56 bits per heavy atom. The van der Waals surface area contributed by atoms with E-state index in [9.17, 15) is 9.59 Å². The van der Waals surface area contributed by atoms with Crippen LogP contribution in [0.5, 0.6) is 17.2 Å². The quantitative estimate of drug-likeness (QED) is 0.137. The summed E-state index contributed by atoms with van der Waals surface area (Å²) in [7, 11) is 1.56. The predicted molar refractivity (Wildman–Crippen MR) is 184 cm³/mol. The molecule has 1 aliphatic rings. The average Bonchev–Trinajstić information content (AvgIpc) is 3.30. The molecule has 0 spiro atoms. The summed E-state index contributed by atoms with van der Waals surface area (Å²) < 4.78 is 25.9. The van der Waals surface area contributed by atoms with Crippen LogP contribution in [0.15, 0.2) is 81.7 Å². The number of hydrogen-bond donors (Lipinski definition) is 0. The number of allylic oxidation sites excluding steroid dienone is 1. The molecule has 0 bridgehead atoms. The lowest BCUT2D eigenvalue weighted by Crippen LogP contribution is -2.40. The van der Waals surface area contributed by atoms with Crippen LogP contribution in [0.3, 0.4) is 0 Å². The van der Waals surface area contributed by atoms with E-state index in [1.165, 1.54) is 11.3 Å². The summed E-state index contributed by atoms with van der Waals surface area (Å²) in [6.45, 7) is 7.89. The van der Waals surface area contributed by atoms with E-state index in [-0.39, 0.29) is 18.3 Å². The molecule has 4 aromatic rings. The van der Waals surface area contributed by atoms with Gasteiger partial charge in [0.05, 0.1) is 45.2 Å². The molecule has 0 amide bonds. The van der Waals surface area contributed by atoms with E-state index in [1.807, 2.05) is 68.5 Å². The van der Waals surface area contributed by atoms with E-state index >= 15 is 0 Å². The Hall–Kier alpha value is -3.61. The topological polar surface area (TPSA) is 88.4 Å². The molecule has 0 saturated carbocycles. The van der Waals surface area contributed by atoms with Gasteiger partial charge < -0.3 is 18.9 Å². The molecule has 0 fully saturated rings. The molecule has 0 N–H and O–H groups in total. The zero-order valence-corrected chi connectivity index (χ0v) is 29.2. The van der Waals surface area contributed by atoms with Gasteiger partial charge in [-0.3, -0.25) is 9.36 Å². The number of ether oxygens (including phenoxy) is 4.